The van der Waals surface area contributed by atoms with Crippen LogP contribution in [0.2, 0.25) is 0 Å². The van der Waals surface area contributed by atoms with Gasteiger partial charge in [-0.1, -0.05) is 6.92 Å². The molecule has 0 bridgehead atoms. The van der Waals surface area contributed by atoms with Gasteiger partial charge in [0, 0.05) is 25.1 Å². The van der Waals surface area contributed by atoms with Gasteiger partial charge in [-0.3, -0.25) is 4.79 Å². The van der Waals surface area contributed by atoms with Crippen LogP contribution in [0.4, 0.5) is 14.6 Å². The molecule has 0 saturated heterocycles. The number of nitrogens with zero attached hydrogens (tertiary/aromatic N) is 2. The Balaban J connectivity index is 1.90. The van der Waals surface area contributed by atoms with Gasteiger partial charge in [-0.15, -0.1) is 0 Å². The molecule has 1 N–H and O–H groups in total. The number of carbonyl (C=O) groups is 1. The average molecular weight is 291 g/mol. The lowest BCUT2D eigenvalue weighted by Crippen LogP contribution is -2.10. The molecule has 1 aliphatic rings. The number of imidazole rings is 1. The molecule has 1 atom stereocenters. The van der Waals surface area contributed by atoms with Gasteiger partial charge in [-0.05, 0) is 24.1 Å². The Morgan fingerprint density at radius 1 is 1.38 bits per heavy atom. The predicted octanol–water partition coefficient (Wildman–Crippen LogP) is 3.05. The zero-order valence-electron chi connectivity index (χ0n) is 11.6. The van der Waals surface area contributed by atoms with Crippen LogP contribution < -0.4 is 5.32 Å². The molecule has 3 rings (SSSR count). The molecular formula is C15H15F2N3O. The molecule has 110 valence electrons. The Labute approximate surface area is 120 Å². The lowest BCUT2D eigenvalue weighted by molar-refractivity contribution is -0.115. The third kappa shape index (κ3) is 2.66. The van der Waals surface area contributed by atoms with Crippen molar-refractivity contribution in [1.29, 1.82) is 0 Å². The van der Waals surface area contributed by atoms with Gasteiger partial charge in [-0.2, -0.15) is 0 Å². The summed E-state index contributed by atoms with van der Waals surface area (Å²) < 4.78 is 28.6. The summed E-state index contributed by atoms with van der Waals surface area (Å²) in [5.74, 6) is 0.0192. The van der Waals surface area contributed by atoms with Crippen molar-refractivity contribution in [2.24, 2.45) is 0 Å². The van der Waals surface area contributed by atoms with Crippen LogP contribution in [0.15, 0.2) is 24.4 Å². The van der Waals surface area contributed by atoms with Crippen LogP contribution in [0.1, 0.15) is 37.2 Å². The number of hydrogen-bond donors (Lipinski definition) is 1. The molecule has 0 radical (unpaired) electrons. The Morgan fingerprint density at radius 2 is 2.10 bits per heavy atom. The first-order valence-electron chi connectivity index (χ1n) is 6.90. The van der Waals surface area contributed by atoms with Gasteiger partial charge in [0.25, 0.3) is 0 Å². The maximum absolute atomic E-state index is 13.4. The highest BCUT2D eigenvalue weighted by Crippen LogP contribution is 2.33. The van der Waals surface area contributed by atoms with Crippen LogP contribution in [-0.2, 0) is 11.2 Å². The van der Waals surface area contributed by atoms with Crippen molar-refractivity contribution in [3.63, 3.8) is 0 Å². The van der Waals surface area contributed by atoms with Crippen LogP contribution in [0.25, 0.3) is 0 Å². The van der Waals surface area contributed by atoms with E-state index in [1.54, 1.807) is 13.1 Å². The molecule has 0 aliphatic carbocycles. The molecule has 0 fully saturated rings. The number of halogens is 2. The van der Waals surface area contributed by atoms with Crippen LogP contribution in [0.3, 0.4) is 0 Å². The van der Waals surface area contributed by atoms with E-state index in [4.69, 9.17) is 0 Å². The normalized spacial score (nSPS) is 16.8. The van der Waals surface area contributed by atoms with E-state index in [-0.39, 0.29) is 11.9 Å². The number of fused-ring (bicyclic) bond motifs is 1. The number of amides is 1. The monoisotopic (exact) mass is 291 g/mol. The van der Waals surface area contributed by atoms with Gasteiger partial charge >= 0.3 is 0 Å². The van der Waals surface area contributed by atoms with Crippen molar-refractivity contribution in [3.8, 4) is 0 Å². The topological polar surface area (TPSA) is 46.9 Å². The first kappa shape index (κ1) is 13.7. The van der Waals surface area contributed by atoms with E-state index in [1.165, 1.54) is 12.1 Å². The smallest absolute Gasteiger partial charge is 0.225 e. The van der Waals surface area contributed by atoms with Crippen molar-refractivity contribution < 1.29 is 13.6 Å². The summed E-state index contributed by atoms with van der Waals surface area (Å²) in [6.45, 7) is 1.76. The van der Waals surface area contributed by atoms with E-state index in [9.17, 15) is 13.6 Å². The Morgan fingerprint density at radius 3 is 2.76 bits per heavy atom. The molecule has 2 aromatic rings. The second kappa shape index (κ2) is 5.27. The summed E-state index contributed by atoms with van der Waals surface area (Å²) in [6.07, 6.45) is 3.56. The van der Waals surface area contributed by atoms with Crippen LogP contribution in [0, 0.1) is 11.6 Å². The van der Waals surface area contributed by atoms with Crippen molar-refractivity contribution in [1.82, 2.24) is 9.55 Å². The molecule has 1 aromatic carbocycles. The quantitative estimate of drug-likeness (QED) is 0.944. The molecule has 1 aromatic heterocycles. The lowest BCUT2D eigenvalue weighted by Gasteiger charge is -2.13. The van der Waals surface area contributed by atoms with E-state index in [2.05, 4.69) is 10.3 Å². The molecule has 0 saturated carbocycles. The van der Waals surface area contributed by atoms with Gasteiger partial charge in [0.05, 0.1) is 6.04 Å². The molecular weight excluding hydrogens is 276 g/mol. The third-order valence-corrected chi connectivity index (χ3v) is 3.64. The van der Waals surface area contributed by atoms with Gasteiger partial charge in [0.15, 0.2) is 5.82 Å². The molecule has 1 amide bonds. The van der Waals surface area contributed by atoms with E-state index in [0.29, 0.717) is 24.2 Å². The van der Waals surface area contributed by atoms with Crippen LogP contribution in [0.5, 0.6) is 0 Å². The minimum Gasteiger partial charge on any atom is -0.325 e. The molecule has 2 heterocycles. The number of carbonyl (C=O) groups excluding carboxylic acids is 1. The highest BCUT2D eigenvalue weighted by Gasteiger charge is 2.26. The number of benzene rings is 1. The standard InChI is InChI=1S/C15H15F2N3O/c1-2-15(21)19-13-8-20-12(3-4-14(20)18-13)9-5-10(16)7-11(17)6-9/h5-8,12H,2-4H2,1H3,(H,19,21). The summed E-state index contributed by atoms with van der Waals surface area (Å²) in [6, 6.07) is 3.39. The van der Waals surface area contributed by atoms with Crippen LogP contribution in [-0.4, -0.2) is 15.5 Å². The second-order valence-corrected chi connectivity index (χ2v) is 5.11. The predicted molar refractivity (Wildman–Crippen MR) is 74.0 cm³/mol. The van der Waals surface area contributed by atoms with Gasteiger partial charge in [0.1, 0.15) is 17.5 Å². The fraction of sp³-hybridized carbons (Fsp3) is 0.333. The number of nitrogens with one attached hydrogen (secondary N) is 1. The van der Waals surface area contributed by atoms with Gasteiger partial charge in [-0.25, -0.2) is 13.8 Å². The van der Waals surface area contributed by atoms with E-state index in [1.807, 2.05) is 4.57 Å². The van der Waals surface area contributed by atoms with E-state index in [0.717, 1.165) is 18.3 Å². The van der Waals surface area contributed by atoms with Crippen molar-refractivity contribution in [2.45, 2.75) is 32.2 Å². The fourth-order valence-electron chi connectivity index (χ4n) is 2.68. The number of anilines is 1. The Bertz CT molecular complexity index is 676. The largest absolute Gasteiger partial charge is 0.325 e. The molecule has 1 aliphatic heterocycles. The minimum absolute atomic E-state index is 0.111. The summed E-state index contributed by atoms with van der Waals surface area (Å²) in [4.78, 5) is 15.7. The molecule has 6 heteroatoms. The summed E-state index contributed by atoms with van der Waals surface area (Å²) >= 11 is 0. The van der Waals surface area contributed by atoms with E-state index >= 15 is 0 Å². The molecule has 21 heavy (non-hydrogen) atoms. The first-order valence-corrected chi connectivity index (χ1v) is 6.90. The van der Waals surface area contributed by atoms with Crippen LogP contribution >= 0.6 is 0 Å². The number of aryl methyl sites for hydroxylation is 1. The highest BCUT2D eigenvalue weighted by atomic mass is 19.1. The SMILES string of the molecule is CCC(=O)Nc1cn2c(n1)CCC2c1cc(F)cc(F)c1. The van der Waals surface area contributed by atoms with Crippen molar-refractivity contribution in [2.75, 3.05) is 5.32 Å². The third-order valence-electron chi connectivity index (χ3n) is 3.64. The van der Waals surface area contributed by atoms with Gasteiger partial charge < -0.3 is 9.88 Å². The Hall–Kier alpha value is -2.24. The average Bonchev–Trinajstić information content (AvgIpc) is 2.96. The number of aromatic nitrogens is 2. The molecule has 4 nitrogen and oxygen atoms in total. The summed E-state index contributed by atoms with van der Waals surface area (Å²) in [5.41, 5.74) is 0.581. The lowest BCUT2D eigenvalue weighted by atomic mass is 10.0. The first-order chi connectivity index (χ1) is 10.1. The number of hydrogen-bond acceptors (Lipinski definition) is 2. The molecule has 0 spiro atoms. The summed E-state index contributed by atoms with van der Waals surface area (Å²) in [7, 11) is 0. The van der Waals surface area contributed by atoms with Crippen molar-refractivity contribution in [3.05, 3.63) is 47.4 Å². The zero-order valence-corrected chi connectivity index (χ0v) is 11.6. The second-order valence-electron chi connectivity index (χ2n) is 5.11. The van der Waals surface area contributed by atoms with E-state index < -0.39 is 11.6 Å². The summed E-state index contributed by atoms with van der Waals surface area (Å²) in [5, 5.41) is 2.70. The van der Waals surface area contributed by atoms with Crippen molar-refractivity contribution >= 4 is 11.7 Å². The minimum atomic E-state index is -0.585. The highest BCUT2D eigenvalue weighted by molar-refractivity contribution is 5.89. The number of rotatable bonds is 3. The molecule has 1 unspecified atom stereocenters. The Kier molecular flexibility index (Phi) is 3.45. The maximum atomic E-state index is 13.4. The maximum Gasteiger partial charge on any atom is 0.225 e. The van der Waals surface area contributed by atoms with Gasteiger partial charge in [0.2, 0.25) is 5.91 Å². The zero-order chi connectivity index (χ0) is 15.0. The fourth-order valence-corrected chi connectivity index (χ4v) is 2.68.